The van der Waals surface area contributed by atoms with E-state index in [1.165, 1.54) is 42.5 Å². The predicted octanol–water partition coefficient (Wildman–Crippen LogP) is 8.84. The number of carbonyl (C=O) groups is 4. The van der Waals surface area contributed by atoms with Gasteiger partial charge < -0.3 is 19.3 Å². The highest BCUT2D eigenvalue weighted by atomic mass is 79.9. The fourth-order valence-electron chi connectivity index (χ4n) is 3.09. The van der Waals surface area contributed by atoms with Gasteiger partial charge in [-0.15, -0.1) is 0 Å². The van der Waals surface area contributed by atoms with Gasteiger partial charge in [0.05, 0.1) is 24.3 Å². The summed E-state index contributed by atoms with van der Waals surface area (Å²) in [5, 5.41) is 8.92. The van der Waals surface area contributed by atoms with Crippen molar-refractivity contribution in [2.45, 2.75) is 21.3 Å². The van der Waals surface area contributed by atoms with E-state index in [1.807, 2.05) is 0 Å². The van der Waals surface area contributed by atoms with Crippen molar-refractivity contribution in [1.82, 2.24) is 0 Å². The Bertz CT molecular complexity index is 1520. The third kappa shape index (κ3) is 12.5. The number of carbonyl (C=O) groups excluding carboxylic acids is 4. The van der Waals surface area contributed by atoms with Gasteiger partial charge in [0, 0.05) is 20.1 Å². The molecule has 0 atom stereocenters. The van der Waals surface area contributed by atoms with Crippen molar-refractivity contribution in [2.75, 3.05) is 13.2 Å². The number of aromatic hydroxyl groups is 1. The van der Waals surface area contributed by atoms with E-state index >= 15 is 0 Å². The summed E-state index contributed by atoms with van der Waals surface area (Å²) in [4.78, 5) is 43.5. The van der Waals surface area contributed by atoms with Gasteiger partial charge in [-0.2, -0.15) is 0 Å². The molecule has 44 heavy (non-hydrogen) atoms. The Morgan fingerprint density at radius 1 is 0.705 bits per heavy atom. The lowest BCUT2D eigenvalue weighted by atomic mass is 10.2. The zero-order valence-corrected chi connectivity index (χ0v) is 26.3. The molecule has 0 aliphatic rings. The monoisotopic (exact) mass is 732 g/mol. The predicted molar refractivity (Wildman–Crippen MR) is 172 cm³/mol. The van der Waals surface area contributed by atoms with Crippen LogP contribution in [0, 0.1) is 5.82 Å². The van der Waals surface area contributed by atoms with Gasteiger partial charge in [-0.3, -0.25) is 9.59 Å². The first-order chi connectivity index (χ1) is 20.6. The Morgan fingerprint density at radius 2 is 1.14 bits per heavy atom. The molecule has 0 aliphatic heterocycles. The highest BCUT2D eigenvalue weighted by Crippen LogP contribution is 2.27. The van der Waals surface area contributed by atoms with E-state index in [0.717, 1.165) is 6.29 Å². The first-order valence-corrected chi connectivity index (χ1v) is 14.3. The van der Waals surface area contributed by atoms with Crippen molar-refractivity contribution in [3.8, 4) is 17.2 Å². The molecule has 0 saturated carbocycles. The van der Waals surface area contributed by atoms with E-state index in [1.54, 1.807) is 56.3 Å². The zero-order chi connectivity index (χ0) is 31.8. The van der Waals surface area contributed by atoms with Crippen LogP contribution in [-0.2, 0) is 9.47 Å². The molecule has 0 saturated heterocycles. The second-order valence-electron chi connectivity index (χ2n) is 8.20. The number of phenols is 1. The molecule has 8 nitrogen and oxygen atoms in total. The molecule has 11 heteroatoms. The molecular formula is C33H31Br2FO8. The molecule has 4 aromatic rings. The standard InChI is InChI=1S/C16H13BrO4.C9H10O3.C7H4BrFO.CH4/c1-2-20-16(19)11-3-6-13(7-4-11)21-14-8-5-12(10-18)15(17)9-14;1-2-12-9(11)7-3-5-8(10)6-4-7;8-7-3-6(9)2-1-5(7)4-10;/h3-10H,2H2,1H3;3-6,10H,2H2,1H3;1-4H;1H4. The number of esters is 2. The second kappa shape index (κ2) is 19.8. The number of phenolic OH excluding ortho intramolecular Hbond substituents is 1. The average Bonchev–Trinajstić information content (AvgIpc) is 2.99. The number of rotatable bonds is 8. The lowest BCUT2D eigenvalue weighted by Crippen LogP contribution is -2.03. The number of halogens is 3. The first kappa shape index (κ1) is 37.7. The fourth-order valence-corrected chi connectivity index (χ4v) is 3.98. The van der Waals surface area contributed by atoms with E-state index in [0.29, 0.717) is 62.2 Å². The maximum absolute atomic E-state index is 12.3. The van der Waals surface area contributed by atoms with Gasteiger partial charge in [0.15, 0.2) is 12.6 Å². The van der Waals surface area contributed by atoms with Gasteiger partial charge in [0.1, 0.15) is 23.1 Å². The fraction of sp³-hybridized carbons (Fsp3) is 0.152. The van der Waals surface area contributed by atoms with Gasteiger partial charge >= 0.3 is 11.9 Å². The van der Waals surface area contributed by atoms with Crippen molar-refractivity contribution in [1.29, 1.82) is 0 Å². The van der Waals surface area contributed by atoms with E-state index in [2.05, 4.69) is 31.9 Å². The quantitative estimate of drug-likeness (QED) is 0.141. The molecule has 4 rings (SSSR count). The smallest absolute Gasteiger partial charge is 0.338 e. The minimum Gasteiger partial charge on any atom is -0.508 e. The minimum absolute atomic E-state index is 0. The molecule has 0 bridgehead atoms. The third-order valence-electron chi connectivity index (χ3n) is 5.17. The van der Waals surface area contributed by atoms with Crippen LogP contribution in [0.2, 0.25) is 0 Å². The van der Waals surface area contributed by atoms with Crippen LogP contribution < -0.4 is 4.74 Å². The molecule has 0 radical (unpaired) electrons. The number of hydrogen-bond donors (Lipinski definition) is 1. The third-order valence-corrected chi connectivity index (χ3v) is 6.54. The molecule has 0 amide bonds. The summed E-state index contributed by atoms with van der Waals surface area (Å²) >= 11 is 6.33. The van der Waals surface area contributed by atoms with Crippen molar-refractivity contribution in [2.24, 2.45) is 0 Å². The Labute approximate surface area is 272 Å². The van der Waals surface area contributed by atoms with Gasteiger partial charge in [0.2, 0.25) is 0 Å². The molecule has 232 valence electrons. The molecule has 0 aromatic heterocycles. The SMILES string of the molecule is C.CCOC(=O)c1ccc(O)cc1.CCOC(=O)c1ccc(Oc2ccc(C=O)c(Br)c2)cc1.O=Cc1ccc(F)cc1Br. The maximum atomic E-state index is 12.3. The largest absolute Gasteiger partial charge is 0.508 e. The average molecular weight is 734 g/mol. The summed E-state index contributed by atoms with van der Waals surface area (Å²) in [5.74, 6) is 0.255. The zero-order valence-electron chi connectivity index (χ0n) is 23.1. The van der Waals surface area contributed by atoms with E-state index in [9.17, 15) is 23.6 Å². The van der Waals surface area contributed by atoms with Crippen LogP contribution in [0.5, 0.6) is 17.2 Å². The first-order valence-electron chi connectivity index (χ1n) is 12.7. The molecule has 4 aromatic carbocycles. The summed E-state index contributed by atoms with van der Waals surface area (Å²) in [5.41, 5.74) is 1.94. The highest BCUT2D eigenvalue weighted by Gasteiger charge is 2.07. The van der Waals surface area contributed by atoms with Crippen LogP contribution >= 0.6 is 31.9 Å². The second-order valence-corrected chi connectivity index (χ2v) is 9.91. The van der Waals surface area contributed by atoms with Crippen molar-refractivity contribution < 1.29 is 42.9 Å². The normalized spacial score (nSPS) is 9.48. The number of hydrogen-bond acceptors (Lipinski definition) is 8. The Morgan fingerprint density at radius 3 is 1.57 bits per heavy atom. The number of ether oxygens (including phenoxy) is 3. The molecule has 1 N–H and O–H groups in total. The molecule has 0 heterocycles. The molecule has 0 fully saturated rings. The minimum atomic E-state index is -0.363. The van der Waals surface area contributed by atoms with Crippen molar-refractivity contribution >= 4 is 56.4 Å². The Balaban J connectivity index is 0.000000358. The summed E-state index contributed by atoms with van der Waals surface area (Å²) in [6.45, 7) is 4.21. The lowest BCUT2D eigenvalue weighted by Gasteiger charge is -2.08. The van der Waals surface area contributed by atoms with Crippen LogP contribution in [-0.4, -0.2) is 42.8 Å². The van der Waals surface area contributed by atoms with Crippen LogP contribution in [0.4, 0.5) is 4.39 Å². The van der Waals surface area contributed by atoms with Crippen molar-refractivity contribution in [3.05, 3.63) is 122 Å². The van der Waals surface area contributed by atoms with Crippen LogP contribution in [0.15, 0.2) is 93.9 Å². The van der Waals surface area contributed by atoms with E-state index in [4.69, 9.17) is 19.3 Å². The van der Waals surface area contributed by atoms with E-state index in [-0.39, 0.29) is 30.9 Å². The highest BCUT2D eigenvalue weighted by molar-refractivity contribution is 9.10. The summed E-state index contributed by atoms with van der Waals surface area (Å²) in [6, 6.07) is 21.6. The maximum Gasteiger partial charge on any atom is 0.338 e. The Kier molecular flexibility index (Phi) is 16.9. The Hall–Kier alpha value is -4.35. The summed E-state index contributed by atoms with van der Waals surface area (Å²) in [6.07, 6.45) is 1.44. The molecular weight excluding hydrogens is 703 g/mol. The molecule has 0 aliphatic carbocycles. The van der Waals surface area contributed by atoms with Crippen LogP contribution in [0.1, 0.15) is 62.7 Å². The van der Waals surface area contributed by atoms with Crippen LogP contribution in [0.3, 0.4) is 0 Å². The lowest BCUT2D eigenvalue weighted by molar-refractivity contribution is 0.0516. The van der Waals surface area contributed by atoms with Crippen LogP contribution in [0.25, 0.3) is 0 Å². The van der Waals surface area contributed by atoms with Gasteiger partial charge in [-0.25, -0.2) is 14.0 Å². The molecule has 0 spiro atoms. The topological polar surface area (TPSA) is 116 Å². The van der Waals surface area contributed by atoms with Crippen molar-refractivity contribution in [3.63, 3.8) is 0 Å². The van der Waals surface area contributed by atoms with Gasteiger partial charge in [-0.1, -0.05) is 7.43 Å². The summed E-state index contributed by atoms with van der Waals surface area (Å²) < 4.78 is 28.8. The van der Waals surface area contributed by atoms with Gasteiger partial charge in [0.25, 0.3) is 0 Å². The molecule has 0 unspecified atom stereocenters. The van der Waals surface area contributed by atoms with Gasteiger partial charge in [-0.05, 0) is 131 Å². The van der Waals surface area contributed by atoms with E-state index < -0.39 is 0 Å². The number of aldehydes is 2. The number of benzene rings is 4. The summed E-state index contributed by atoms with van der Waals surface area (Å²) in [7, 11) is 0.